The third-order valence-corrected chi connectivity index (χ3v) is 5.79. The van der Waals surface area contributed by atoms with Crippen LogP contribution in [0.4, 0.5) is 4.39 Å². The summed E-state index contributed by atoms with van der Waals surface area (Å²) in [5.74, 6) is -0.343. The highest BCUT2D eigenvalue weighted by Crippen LogP contribution is 2.23. The molecule has 3 aromatic heterocycles. The van der Waals surface area contributed by atoms with Crippen molar-refractivity contribution in [1.82, 2.24) is 25.0 Å². The predicted octanol–water partition coefficient (Wildman–Crippen LogP) is 4.53. The van der Waals surface area contributed by atoms with Gasteiger partial charge in [-0.2, -0.15) is 4.98 Å². The highest BCUT2D eigenvalue weighted by atomic mass is 35.5. The molecule has 180 valence electrons. The number of amides is 1. The molecule has 10 heteroatoms. The van der Waals surface area contributed by atoms with E-state index in [2.05, 4.69) is 20.4 Å². The van der Waals surface area contributed by atoms with E-state index in [4.69, 9.17) is 16.1 Å². The predicted molar refractivity (Wildman–Crippen MR) is 133 cm³/mol. The van der Waals surface area contributed by atoms with E-state index in [1.54, 1.807) is 60.0 Å². The van der Waals surface area contributed by atoms with Gasteiger partial charge in [0, 0.05) is 29.0 Å². The van der Waals surface area contributed by atoms with Crippen LogP contribution in [-0.4, -0.2) is 25.6 Å². The highest BCUT2D eigenvalue weighted by Gasteiger charge is 2.19. The average Bonchev–Trinajstić information content (AvgIpc) is 3.36. The molecule has 5 rings (SSSR count). The number of hydrogen-bond acceptors (Lipinski definition) is 6. The molecule has 2 aromatic carbocycles. The summed E-state index contributed by atoms with van der Waals surface area (Å²) >= 11 is 5.95. The van der Waals surface area contributed by atoms with Crippen LogP contribution in [0.3, 0.4) is 0 Å². The van der Waals surface area contributed by atoms with E-state index in [1.165, 1.54) is 18.3 Å². The zero-order valence-corrected chi connectivity index (χ0v) is 19.8. The lowest BCUT2D eigenvalue weighted by Crippen LogP contribution is -2.28. The quantitative estimate of drug-likeness (QED) is 0.365. The fourth-order valence-electron chi connectivity index (χ4n) is 3.70. The molecule has 5 aromatic rings. The summed E-state index contributed by atoms with van der Waals surface area (Å²) in [5.41, 5.74) is 2.28. The first-order chi connectivity index (χ1) is 17.4. The van der Waals surface area contributed by atoms with Crippen molar-refractivity contribution in [2.75, 3.05) is 0 Å². The number of carbonyl (C=O) groups excluding carboxylic acids is 1. The maximum atomic E-state index is 13.3. The minimum atomic E-state index is -0.348. The third kappa shape index (κ3) is 4.87. The first-order valence-corrected chi connectivity index (χ1v) is 11.4. The number of nitrogens with zero attached hydrogens (tertiary/aromatic N) is 4. The molecule has 1 N–H and O–H groups in total. The summed E-state index contributed by atoms with van der Waals surface area (Å²) in [6.45, 7) is 1.91. The van der Waals surface area contributed by atoms with Crippen LogP contribution in [0, 0.1) is 12.7 Å². The van der Waals surface area contributed by atoms with Gasteiger partial charge in [0.2, 0.25) is 17.2 Å². The molecule has 0 spiro atoms. The van der Waals surface area contributed by atoms with Crippen molar-refractivity contribution in [3.63, 3.8) is 0 Å². The molecular formula is C26H19ClFN5O3. The van der Waals surface area contributed by atoms with Crippen LogP contribution in [0.5, 0.6) is 0 Å². The summed E-state index contributed by atoms with van der Waals surface area (Å²) in [6, 6.07) is 16.1. The Bertz CT molecular complexity index is 1630. The Morgan fingerprint density at radius 1 is 1.06 bits per heavy atom. The lowest BCUT2D eigenvalue weighted by atomic mass is 10.1. The normalized spacial score (nSPS) is 11.1. The Kier molecular flexibility index (Phi) is 6.30. The lowest BCUT2D eigenvalue weighted by molar-refractivity contribution is -0.121. The largest absolute Gasteiger partial charge is 0.350 e. The van der Waals surface area contributed by atoms with E-state index in [1.807, 2.05) is 0 Å². The number of hydrogen-bond donors (Lipinski definition) is 1. The van der Waals surface area contributed by atoms with Crippen LogP contribution in [0.25, 0.3) is 33.9 Å². The van der Waals surface area contributed by atoms with Gasteiger partial charge >= 0.3 is 0 Å². The van der Waals surface area contributed by atoms with Crippen molar-refractivity contribution in [3.8, 4) is 22.8 Å². The van der Waals surface area contributed by atoms with Crippen LogP contribution in [0.2, 0.25) is 5.02 Å². The van der Waals surface area contributed by atoms with Gasteiger partial charge in [-0.3, -0.25) is 9.59 Å². The number of aryl methyl sites for hydroxylation is 1. The van der Waals surface area contributed by atoms with Crippen molar-refractivity contribution in [2.24, 2.45) is 0 Å². The molecule has 1 amide bonds. The monoisotopic (exact) mass is 503 g/mol. The van der Waals surface area contributed by atoms with E-state index in [9.17, 15) is 14.0 Å². The highest BCUT2D eigenvalue weighted by molar-refractivity contribution is 6.30. The topological polar surface area (TPSA) is 103 Å². The van der Waals surface area contributed by atoms with Crippen molar-refractivity contribution < 1.29 is 13.7 Å². The third-order valence-electron chi connectivity index (χ3n) is 5.54. The van der Waals surface area contributed by atoms with E-state index >= 15 is 0 Å². The number of benzene rings is 2. The summed E-state index contributed by atoms with van der Waals surface area (Å²) in [5, 5.41) is 7.67. The first-order valence-electron chi connectivity index (χ1n) is 11.0. The Morgan fingerprint density at radius 3 is 2.56 bits per heavy atom. The zero-order chi connectivity index (χ0) is 25.2. The maximum absolute atomic E-state index is 13.3. The summed E-state index contributed by atoms with van der Waals surface area (Å²) in [4.78, 5) is 34.9. The SMILES string of the molecule is Cc1ccc2c(=O)c(-c3nc(-c4ccc(Cl)cc4)no3)cn(CC(=O)NCc3ccc(F)cc3)c2n1. The van der Waals surface area contributed by atoms with Crippen molar-refractivity contribution in [2.45, 2.75) is 20.0 Å². The minimum Gasteiger partial charge on any atom is -0.350 e. The van der Waals surface area contributed by atoms with Gasteiger partial charge in [-0.25, -0.2) is 9.37 Å². The molecule has 0 radical (unpaired) electrons. The second-order valence-corrected chi connectivity index (χ2v) is 8.59. The summed E-state index contributed by atoms with van der Waals surface area (Å²) in [6.07, 6.45) is 1.49. The Hall–Kier alpha value is -4.37. The number of halogens is 2. The van der Waals surface area contributed by atoms with E-state index in [-0.39, 0.29) is 41.7 Å². The van der Waals surface area contributed by atoms with Gasteiger partial charge in [-0.1, -0.05) is 28.9 Å². The van der Waals surface area contributed by atoms with E-state index in [0.717, 1.165) is 5.56 Å². The standard InChI is InChI=1S/C26H19ClFN5O3/c1-15-2-11-20-23(35)21(26-31-24(32-36-26)17-5-7-18(27)8-6-17)13-33(25(20)30-15)14-22(34)29-12-16-3-9-19(28)10-4-16/h2-11,13H,12,14H2,1H3,(H,29,34). The van der Waals surface area contributed by atoms with Crippen LogP contribution in [0.15, 0.2) is 76.2 Å². The van der Waals surface area contributed by atoms with Gasteiger partial charge in [0.25, 0.3) is 5.89 Å². The van der Waals surface area contributed by atoms with Gasteiger partial charge in [0.15, 0.2) is 0 Å². The molecule has 0 fully saturated rings. The number of carbonyl (C=O) groups is 1. The fraction of sp³-hybridized carbons (Fsp3) is 0.115. The molecule has 0 saturated carbocycles. The summed E-state index contributed by atoms with van der Waals surface area (Å²) < 4.78 is 20.1. The minimum absolute atomic E-state index is 0.0212. The second kappa shape index (κ2) is 9.71. The molecule has 3 heterocycles. The van der Waals surface area contributed by atoms with E-state index in [0.29, 0.717) is 33.1 Å². The molecule has 0 aliphatic rings. The van der Waals surface area contributed by atoms with Crippen LogP contribution >= 0.6 is 11.6 Å². The second-order valence-electron chi connectivity index (χ2n) is 8.16. The van der Waals surface area contributed by atoms with Crippen molar-refractivity contribution in [3.05, 3.63) is 99.2 Å². The van der Waals surface area contributed by atoms with Gasteiger partial charge in [-0.15, -0.1) is 0 Å². The first kappa shape index (κ1) is 23.4. The summed E-state index contributed by atoms with van der Waals surface area (Å²) in [7, 11) is 0. The molecular weight excluding hydrogens is 485 g/mol. The molecule has 36 heavy (non-hydrogen) atoms. The molecule has 0 atom stereocenters. The smallest absolute Gasteiger partial charge is 0.263 e. The maximum Gasteiger partial charge on any atom is 0.263 e. The molecule has 0 aliphatic heterocycles. The Labute approximate surface area is 209 Å². The zero-order valence-electron chi connectivity index (χ0n) is 19.0. The van der Waals surface area contributed by atoms with Crippen molar-refractivity contribution >= 4 is 28.5 Å². The van der Waals surface area contributed by atoms with Crippen LogP contribution in [-0.2, 0) is 17.9 Å². The van der Waals surface area contributed by atoms with Crippen LogP contribution < -0.4 is 10.7 Å². The lowest BCUT2D eigenvalue weighted by Gasteiger charge is -2.12. The molecule has 0 unspecified atom stereocenters. The number of rotatable bonds is 6. The number of pyridine rings is 2. The Morgan fingerprint density at radius 2 is 1.81 bits per heavy atom. The van der Waals surface area contributed by atoms with Gasteiger partial charge in [0.1, 0.15) is 23.6 Å². The Balaban J connectivity index is 1.48. The average molecular weight is 504 g/mol. The number of aromatic nitrogens is 4. The molecule has 0 aliphatic carbocycles. The van der Waals surface area contributed by atoms with Crippen molar-refractivity contribution in [1.29, 1.82) is 0 Å². The molecule has 0 saturated heterocycles. The molecule has 8 nitrogen and oxygen atoms in total. The number of nitrogens with one attached hydrogen (secondary N) is 1. The van der Waals surface area contributed by atoms with Gasteiger partial charge < -0.3 is 14.4 Å². The van der Waals surface area contributed by atoms with Gasteiger partial charge in [0.05, 0.1) is 5.39 Å². The van der Waals surface area contributed by atoms with E-state index < -0.39 is 0 Å². The van der Waals surface area contributed by atoms with Gasteiger partial charge in [-0.05, 0) is 61.0 Å². The number of fused-ring (bicyclic) bond motifs is 1. The molecule has 0 bridgehead atoms. The fourth-order valence-corrected chi connectivity index (χ4v) is 3.82. The van der Waals surface area contributed by atoms with Crippen LogP contribution in [0.1, 0.15) is 11.3 Å².